The largest absolute Gasteiger partial charge is 0.491 e. The number of thiazole rings is 1. The topological polar surface area (TPSA) is 38.3 Å². The third kappa shape index (κ3) is 3.99. The number of piperidine rings is 1. The number of hydrogen-bond donors (Lipinski definition) is 0. The Hall–Kier alpha value is -1.98. The number of pyridine rings is 1. The quantitative estimate of drug-likeness (QED) is 0.675. The predicted molar refractivity (Wildman–Crippen MR) is 103 cm³/mol. The molecular formula is C20H23N3OS. The van der Waals surface area contributed by atoms with E-state index in [0.29, 0.717) is 0 Å². The Morgan fingerprint density at radius 3 is 2.84 bits per heavy atom. The molecular weight excluding hydrogens is 330 g/mol. The monoisotopic (exact) mass is 353 g/mol. The van der Waals surface area contributed by atoms with Crippen molar-refractivity contribution >= 4 is 21.6 Å². The Labute approximate surface area is 152 Å². The second-order valence-electron chi connectivity index (χ2n) is 6.58. The van der Waals surface area contributed by atoms with Crippen LogP contribution in [0.15, 0.2) is 36.7 Å². The van der Waals surface area contributed by atoms with Gasteiger partial charge in [-0.25, -0.2) is 4.98 Å². The van der Waals surface area contributed by atoms with Crippen LogP contribution >= 0.6 is 11.3 Å². The van der Waals surface area contributed by atoms with Crippen LogP contribution in [0.4, 0.5) is 0 Å². The molecule has 5 heteroatoms. The molecule has 0 unspecified atom stereocenters. The lowest BCUT2D eigenvalue weighted by atomic mass is 10.1. The van der Waals surface area contributed by atoms with Crippen LogP contribution in [0.5, 0.6) is 5.75 Å². The number of fused-ring (bicyclic) bond motifs is 1. The van der Waals surface area contributed by atoms with Crippen molar-refractivity contribution in [2.75, 3.05) is 26.2 Å². The first-order valence-electron chi connectivity index (χ1n) is 8.96. The molecule has 130 valence electrons. The maximum absolute atomic E-state index is 5.95. The summed E-state index contributed by atoms with van der Waals surface area (Å²) in [6, 6.07) is 8.46. The molecule has 1 aliphatic heterocycles. The summed E-state index contributed by atoms with van der Waals surface area (Å²) in [6.07, 6.45) is 7.70. The molecule has 4 nitrogen and oxygen atoms in total. The van der Waals surface area contributed by atoms with Gasteiger partial charge in [0.05, 0.1) is 21.4 Å². The fourth-order valence-corrected chi connectivity index (χ4v) is 4.22. The lowest BCUT2D eigenvalue weighted by Gasteiger charge is -2.26. The van der Waals surface area contributed by atoms with Crippen LogP contribution in [-0.4, -0.2) is 41.1 Å². The van der Waals surface area contributed by atoms with Gasteiger partial charge in [-0.1, -0.05) is 12.5 Å². The van der Waals surface area contributed by atoms with Crippen molar-refractivity contribution in [1.29, 1.82) is 0 Å². The van der Waals surface area contributed by atoms with Crippen molar-refractivity contribution in [3.63, 3.8) is 0 Å². The molecule has 0 radical (unpaired) electrons. The number of nitrogens with zero attached hydrogens (tertiary/aromatic N) is 3. The maximum Gasteiger partial charge on any atom is 0.138 e. The van der Waals surface area contributed by atoms with Gasteiger partial charge >= 0.3 is 0 Å². The molecule has 0 aliphatic carbocycles. The molecule has 3 aromatic rings. The van der Waals surface area contributed by atoms with Crippen molar-refractivity contribution in [1.82, 2.24) is 14.9 Å². The van der Waals surface area contributed by atoms with Gasteiger partial charge in [-0.3, -0.25) is 9.88 Å². The fraction of sp³-hybridized carbons (Fsp3) is 0.400. The number of rotatable bonds is 5. The maximum atomic E-state index is 5.95. The van der Waals surface area contributed by atoms with Crippen LogP contribution in [0.2, 0.25) is 0 Å². The first-order chi connectivity index (χ1) is 12.3. The van der Waals surface area contributed by atoms with E-state index in [0.717, 1.165) is 40.6 Å². The lowest BCUT2D eigenvalue weighted by Crippen LogP contribution is -2.33. The zero-order valence-corrected chi connectivity index (χ0v) is 15.4. The molecule has 25 heavy (non-hydrogen) atoms. The molecule has 1 aliphatic rings. The smallest absolute Gasteiger partial charge is 0.138 e. The van der Waals surface area contributed by atoms with E-state index >= 15 is 0 Å². The number of hydrogen-bond acceptors (Lipinski definition) is 5. The molecule has 4 rings (SSSR count). The number of aryl methyl sites for hydroxylation is 1. The van der Waals surface area contributed by atoms with Gasteiger partial charge in [-0.2, -0.15) is 0 Å². The van der Waals surface area contributed by atoms with E-state index in [1.165, 1.54) is 37.1 Å². The van der Waals surface area contributed by atoms with Crippen molar-refractivity contribution in [3.8, 4) is 16.9 Å². The minimum Gasteiger partial charge on any atom is -0.491 e. The first-order valence-corrected chi connectivity index (χ1v) is 9.77. The zero-order valence-electron chi connectivity index (χ0n) is 14.6. The summed E-state index contributed by atoms with van der Waals surface area (Å²) in [6.45, 7) is 6.17. The van der Waals surface area contributed by atoms with Gasteiger partial charge in [0.25, 0.3) is 0 Å². The highest BCUT2D eigenvalue weighted by Crippen LogP contribution is 2.29. The van der Waals surface area contributed by atoms with E-state index in [9.17, 15) is 0 Å². The van der Waals surface area contributed by atoms with E-state index in [1.807, 2.05) is 13.1 Å². The van der Waals surface area contributed by atoms with Gasteiger partial charge in [0.2, 0.25) is 0 Å². The van der Waals surface area contributed by atoms with Crippen LogP contribution in [0.25, 0.3) is 21.3 Å². The Morgan fingerprint density at radius 1 is 1.08 bits per heavy atom. The van der Waals surface area contributed by atoms with Gasteiger partial charge in [-0.05, 0) is 56.6 Å². The summed E-state index contributed by atoms with van der Waals surface area (Å²) in [5, 5.41) is 1.10. The van der Waals surface area contributed by atoms with Crippen LogP contribution in [0, 0.1) is 6.92 Å². The van der Waals surface area contributed by atoms with Crippen LogP contribution in [0.3, 0.4) is 0 Å². The van der Waals surface area contributed by atoms with Crippen LogP contribution in [0.1, 0.15) is 24.3 Å². The number of benzene rings is 1. The third-order valence-electron chi connectivity index (χ3n) is 4.67. The molecule has 1 saturated heterocycles. The van der Waals surface area contributed by atoms with Crippen LogP contribution in [-0.2, 0) is 0 Å². The van der Waals surface area contributed by atoms with Crippen molar-refractivity contribution in [2.45, 2.75) is 26.2 Å². The molecule has 1 fully saturated rings. The molecule has 0 bridgehead atoms. The van der Waals surface area contributed by atoms with Gasteiger partial charge in [0, 0.05) is 18.3 Å². The molecule has 2 aromatic heterocycles. The Bertz CT molecular complexity index is 855. The highest BCUT2D eigenvalue weighted by Gasteiger charge is 2.10. The molecule has 3 heterocycles. The number of aromatic nitrogens is 2. The second-order valence-corrected chi connectivity index (χ2v) is 7.81. The summed E-state index contributed by atoms with van der Waals surface area (Å²) in [7, 11) is 0. The average molecular weight is 353 g/mol. The van der Waals surface area contributed by atoms with Gasteiger partial charge in [-0.15, -0.1) is 11.3 Å². The summed E-state index contributed by atoms with van der Waals surface area (Å²) >= 11 is 1.73. The minimum atomic E-state index is 0.720. The predicted octanol–water partition coefficient (Wildman–Crippen LogP) is 4.53. The molecule has 0 spiro atoms. The molecule has 0 atom stereocenters. The van der Waals surface area contributed by atoms with Gasteiger partial charge < -0.3 is 4.74 Å². The highest BCUT2D eigenvalue weighted by molar-refractivity contribution is 7.18. The third-order valence-corrected chi connectivity index (χ3v) is 5.60. The SMILES string of the molecule is Cc1nc2ccc(-c3cncc(OCCN4CCCCC4)c3)cc2s1. The van der Waals surface area contributed by atoms with Gasteiger partial charge in [0.15, 0.2) is 0 Å². The number of ether oxygens (including phenoxy) is 1. The minimum absolute atomic E-state index is 0.720. The second kappa shape index (κ2) is 7.50. The van der Waals surface area contributed by atoms with Crippen molar-refractivity contribution < 1.29 is 4.74 Å². The van der Waals surface area contributed by atoms with Crippen molar-refractivity contribution in [2.24, 2.45) is 0 Å². The lowest BCUT2D eigenvalue weighted by molar-refractivity contribution is 0.183. The molecule has 1 aromatic carbocycles. The standard InChI is InChI=1S/C20H23N3OS/c1-15-22-19-6-5-16(12-20(19)25-15)17-11-18(14-21-13-17)24-10-9-23-7-3-2-4-8-23/h5-6,11-14H,2-4,7-10H2,1H3. The average Bonchev–Trinajstić information content (AvgIpc) is 3.02. The Balaban J connectivity index is 1.44. The summed E-state index contributed by atoms with van der Waals surface area (Å²) in [5.74, 6) is 0.843. The van der Waals surface area contributed by atoms with Crippen molar-refractivity contribution in [3.05, 3.63) is 41.7 Å². The molecule has 0 N–H and O–H groups in total. The van der Waals surface area contributed by atoms with Gasteiger partial charge in [0.1, 0.15) is 12.4 Å². The molecule has 0 amide bonds. The molecule has 0 saturated carbocycles. The first kappa shape index (κ1) is 16.5. The summed E-state index contributed by atoms with van der Waals surface area (Å²) in [4.78, 5) is 11.4. The zero-order chi connectivity index (χ0) is 17.1. The van der Waals surface area contributed by atoms with E-state index in [-0.39, 0.29) is 0 Å². The van der Waals surface area contributed by atoms with E-state index in [4.69, 9.17) is 4.74 Å². The van der Waals surface area contributed by atoms with E-state index in [2.05, 4.69) is 39.1 Å². The summed E-state index contributed by atoms with van der Waals surface area (Å²) in [5.41, 5.74) is 3.31. The Morgan fingerprint density at radius 2 is 1.96 bits per heavy atom. The normalized spacial score (nSPS) is 15.6. The van der Waals surface area contributed by atoms with E-state index in [1.54, 1.807) is 17.5 Å². The van der Waals surface area contributed by atoms with E-state index < -0.39 is 0 Å². The highest BCUT2D eigenvalue weighted by atomic mass is 32.1. The number of likely N-dealkylation sites (tertiary alicyclic amines) is 1. The summed E-state index contributed by atoms with van der Waals surface area (Å²) < 4.78 is 7.16. The van der Waals surface area contributed by atoms with Crippen LogP contribution < -0.4 is 4.74 Å². The Kier molecular flexibility index (Phi) is 4.95. The fourth-order valence-electron chi connectivity index (χ4n) is 3.35.